The van der Waals surface area contributed by atoms with Crippen LogP contribution >= 0.6 is 0 Å². The highest BCUT2D eigenvalue weighted by atomic mass is 15.1. The van der Waals surface area contributed by atoms with Crippen molar-refractivity contribution in [3.05, 3.63) is 60.2 Å². The Morgan fingerprint density at radius 1 is 1.11 bits per heavy atom. The van der Waals surface area contributed by atoms with E-state index in [2.05, 4.69) is 26.7 Å². The maximum atomic E-state index is 5.77. The molecule has 0 aliphatic carbocycles. The average Bonchev–Trinajstić information content (AvgIpc) is 2.78. The standard InChI is InChI=1S/C14H14N4/c15-8-14-17-12-5-1-2-6-13(12)18(14)10-11-4-3-7-16-9-11/h1-7,9H,8,10,15H2. The van der Waals surface area contributed by atoms with Gasteiger partial charge in [0.1, 0.15) is 5.82 Å². The first kappa shape index (κ1) is 10.9. The lowest BCUT2D eigenvalue weighted by molar-refractivity contribution is 0.741. The van der Waals surface area contributed by atoms with Crippen LogP contribution in [-0.2, 0) is 13.1 Å². The van der Waals surface area contributed by atoms with Crippen LogP contribution in [0.5, 0.6) is 0 Å². The zero-order valence-corrected chi connectivity index (χ0v) is 9.95. The van der Waals surface area contributed by atoms with E-state index in [4.69, 9.17) is 5.73 Å². The van der Waals surface area contributed by atoms with E-state index in [9.17, 15) is 0 Å². The number of rotatable bonds is 3. The van der Waals surface area contributed by atoms with Gasteiger partial charge in [-0.1, -0.05) is 18.2 Å². The molecule has 0 bridgehead atoms. The normalized spacial score (nSPS) is 10.9. The number of fused-ring (bicyclic) bond motifs is 1. The van der Waals surface area contributed by atoms with Gasteiger partial charge < -0.3 is 10.3 Å². The van der Waals surface area contributed by atoms with Crippen molar-refractivity contribution in [3.8, 4) is 0 Å². The van der Waals surface area contributed by atoms with Crippen LogP contribution < -0.4 is 5.73 Å². The summed E-state index contributed by atoms with van der Waals surface area (Å²) in [5, 5.41) is 0. The number of nitrogens with two attached hydrogens (primary N) is 1. The Bertz CT molecular complexity index is 658. The van der Waals surface area contributed by atoms with Crippen molar-refractivity contribution in [2.45, 2.75) is 13.1 Å². The Morgan fingerprint density at radius 3 is 2.78 bits per heavy atom. The Labute approximate surface area is 105 Å². The Hall–Kier alpha value is -2.20. The lowest BCUT2D eigenvalue weighted by atomic mass is 10.2. The number of para-hydroxylation sites is 2. The van der Waals surface area contributed by atoms with Crippen LogP contribution in [0.4, 0.5) is 0 Å². The molecule has 0 amide bonds. The van der Waals surface area contributed by atoms with Crippen molar-refractivity contribution < 1.29 is 0 Å². The largest absolute Gasteiger partial charge is 0.324 e. The molecule has 0 aliphatic heterocycles. The molecule has 0 saturated carbocycles. The second-order valence-electron chi connectivity index (χ2n) is 4.17. The van der Waals surface area contributed by atoms with Gasteiger partial charge in [-0.3, -0.25) is 4.98 Å². The number of hydrogen-bond donors (Lipinski definition) is 1. The molecule has 2 aromatic heterocycles. The van der Waals surface area contributed by atoms with E-state index in [1.54, 1.807) is 6.20 Å². The summed E-state index contributed by atoms with van der Waals surface area (Å²) < 4.78 is 2.15. The molecule has 18 heavy (non-hydrogen) atoms. The first-order valence-corrected chi connectivity index (χ1v) is 5.91. The highest BCUT2D eigenvalue weighted by Crippen LogP contribution is 2.17. The summed E-state index contributed by atoms with van der Waals surface area (Å²) in [6, 6.07) is 12.1. The van der Waals surface area contributed by atoms with Crippen molar-refractivity contribution in [3.63, 3.8) is 0 Å². The van der Waals surface area contributed by atoms with Gasteiger partial charge >= 0.3 is 0 Å². The Kier molecular flexibility index (Phi) is 2.78. The molecule has 2 N–H and O–H groups in total. The van der Waals surface area contributed by atoms with Crippen LogP contribution in [0.1, 0.15) is 11.4 Å². The van der Waals surface area contributed by atoms with Gasteiger partial charge in [0.15, 0.2) is 0 Å². The molecular formula is C14H14N4. The first-order valence-electron chi connectivity index (χ1n) is 5.91. The summed E-state index contributed by atoms with van der Waals surface area (Å²) >= 11 is 0. The van der Waals surface area contributed by atoms with Gasteiger partial charge in [-0.2, -0.15) is 0 Å². The second-order valence-corrected chi connectivity index (χ2v) is 4.17. The van der Waals surface area contributed by atoms with Crippen LogP contribution in [-0.4, -0.2) is 14.5 Å². The quantitative estimate of drug-likeness (QED) is 0.758. The van der Waals surface area contributed by atoms with Gasteiger partial charge in [-0.25, -0.2) is 4.98 Å². The minimum absolute atomic E-state index is 0.439. The smallest absolute Gasteiger partial charge is 0.123 e. The SMILES string of the molecule is NCc1nc2ccccc2n1Cc1cccnc1. The third kappa shape index (κ3) is 1.87. The van der Waals surface area contributed by atoms with Crippen molar-refractivity contribution in [2.75, 3.05) is 0 Å². The van der Waals surface area contributed by atoms with Crippen LogP contribution in [0.3, 0.4) is 0 Å². The van der Waals surface area contributed by atoms with E-state index in [1.807, 2.05) is 30.5 Å². The molecule has 1 aromatic carbocycles. The molecule has 0 spiro atoms. The van der Waals surface area contributed by atoms with E-state index in [0.29, 0.717) is 6.54 Å². The van der Waals surface area contributed by atoms with E-state index in [-0.39, 0.29) is 0 Å². The van der Waals surface area contributed by atoms with Gasteiger partial charge in [0.25, 0.3) is 0 Å². The van der Waals surface area contributed by atoms with Crippen LogP contribution in [0, 0.1) is 0 Å². The molecule has 4 nitrogen and oxygen atoms in total. The minimum Gasteiger partial charge on any atom is -0.324 e. The van der Waals surface area contributed by atoms with E-state index < -0.39 is 0 Å². The average molecular weight is 238 g/mol. The molecule has 0 radical (unpaired) electrons. The molecular weight excluding hydrogens is 224 g/mol. The summed E-state index contributed by atoms with van der Waals surface area (Å²) in [7, 11) is 0. The molecule has 0 atom stereocenters. The minimum atomic E-state index is 0.439. The highest BCUT2D eigenvalue weighted by Gasteiger charge is 2.09. The van der Waals surface area contributed by atoms with Gasteiger partial charge in [-0.15, -0.1) is 0 Å². The number of nitrogens with zero attached hydrogens (tertiary/aromatic N) is 3. The fourth-order valence-electron chi connectivity index (χ4n) is 2.13. The monoisotopic (exact) mass is 238 g/mol. The van der Waals surface area contributed by atoms with Crippen molar-refractivity contribution in [1.82, 2.24) is 14.5 Å². The molecule has 2 heterocycles. The number of benzene rings is 1. The fourth-order valence-corrected chi connectivity index (χ4v) is 2.13. The fraction of sp³-hybridized carbons (Fsp3) is 0.143. The molecule has 0 unspecified atom stereocenters. The van der Waals surface area contributed by atoms with Gasteiger partial charge in [0.05, 0.1) is 24.1 Å². The summed E-state index contributed by atoms with van der Waals surface area (Å²) in [6.07, 6.45) is 3.65. The molecule has 0 saturated heterocycles. The molecule has 4 heteroatoms. The maximum Gasteiger partial charge on any atom is 0.123 e. The Morgan fingerprint density at radius 2 is 2.00 bits per heavy atom. The van der Waals surface area contributed by atoms with Gasteiger partial charge in [0, 0.05) is 12.4 Å². The van der Waals surface area contributed by atoms with Gasteiger partial charge in [0.2, 0.25) is 0 Å². The lowest BCUT2D eigenvalue weighted by Gasteiger charge is -2.07. The number of hydrogen-bond acceptors (Lipinski definition) is 3. The third-order valence-corrected chi connectivity index (χ3v) is 2.98. The highest BCUT2D eigenvalue weighted by molar-refractivity contribution is 5.76. The molecule has 90 valence electrons. The first-order chi connectivity index (χ1) is 8.88. The summed E-state index contributed by atoms with van der Waals surface area (Å²) in [6.45, 7) is 1.19. The molecule has 0 aliphatic rings. The lowest BCUT2D eigenvalue weighted by Crippen LogP contribution is -2.09. The predicted octanol–water partition coefficient (Wildman–Crippen LogP) is 1.94. The van der Waals surface area contributed by atoms with Crippen molar-refractivity contribution in [1.29, 1.82) is 0 Å². The topological polar surface area (TPSA) is 56.7 Å². The molecule has 0 fully saturated rings. The van der Waals surface area contributed by atoms with Crippen molar-refractivity contribution >= 4 is 11.0 Å². The summed E-state index contributed by atoms with van der Waals surface area (Å²) in [4.78, 5) is 8.68. The number of aromatic nitrogens is 3. The summed E-state index contributed by atoms with van der Waals surface area (Å²) in [5.41, 5.74) is 9.02. The maximum absolute atomic E-state index is 5.77. The number of imidazole rings is 1. The van der Waals surface area contributed by atoms with E-state index in [0.717, 1.165) is 29.0 Å². The predicted molar refractivity (Wildman–Crippen MR) is 71.0 cm³/mol. The van der Waals surface area contributed by atoms with E-state index >= 15 is 0 Å². The van der Waals surface area contributed by atoms with Crippen molar-refractivity contribution in [2.24, 2.45) is 5.73 Å². The number of pyridine rings is 1. The molecule has 3 rings (SSSR count). The molecule has 3 aromatic rings. The van der Waals surface area contributed by atoms with E-state index in [1.165, 1.54) is 0 Å². The summed E-state index contributed by atoms with van der Waals surface area (Å²) in [5.74, 6) is 0.903. The zero-order valence-electron chi connectivity index (χ0n) is 9.95. The Balaban J connectivity index is 2.10. The van der Waals surface area contributed by atoms with Crippen LogP contribution in [0.15, 0.2) is 48.8 Å². The second kappa shape index (κ2) is 4.58. The third-order valence-electron chi connectivity index (χ3n) is 2.98. The van der Waals surface area contributed by atoms with Crippen LogP contribution in [0.25, 0.3) is 11.0 Å². The van der Waals surface area contributed by atoms with Gasteiger partial charge in [-0.05, 0) is 23.8 Å². The zero-order chi connectivity index (χ0) is 12.4. The van der Waals surface area contributed by atoms with Crippen LogP contribution in [0.2, 0.25) is 0 Å².